The van der Waals surface area contributed by atoms with Crippen LogP contribution in [0, 0.1) is 0 Å². The summed E-state index contributed by atoms with van der Waals surface area (Å²) < 4.78 is 5.06. The first kappa shape index (κ1) is 12.4. The lowest BCUT2D eigenvalue weighted by atomic mass is 10.2. The zero-order chi connectivity index (χ0) is 12.8. The summed E-state index contributed by atoms with van der Waals surface area (Å²) in [7, 11) is 1.67. The number of rotatable bonds is 5. The molecule has 2 heterocycles. The second-order valence-electron chi connectivity index (χ2n) is 3.98. The molecule has 0 unspecified atom stereocenters. The van der Waals surface area contributed by atoms with Crippen LogP contribution in [0.15, 0.2) is 36.7 Å². The van der Waals surface area contributed by atoms with Crippen LogP contribution in [0.25, 0.3) is 11.4 Å². The maximum atomic E-state index is 5.06. The van der Waals surface area contributed by atoms with Crippen LogP contribution >= 0.6 is 0 Å². The summed E-state index contributed by atoms with van der Waals surface area (Å²) in [5, 5.41) is 3.18. The molecule has 5 heteroatoms. The average Bonchev–Trinajstić information content (AvgIpc) is 2.40. The monoisotopic (exact) mass is 244 g/mol. The van der Waals surface area contributed by atoms with Crippen molar-refractivity contribution < 1.29 is 4.74 Å². The zero-order valence-electron chi connectivity index (χ0n) is 10.5. The molecule has 2 aromatic rings. The van der Waals surface area contributed by atoms with Crippen LogP contribution in [0.1, 0.15) is 6.92 Å². The highest BCUT2D eigenvalue weighted by Crippen LogP contribution is 2.14. The topological polar surface area (TPSA) is 59.9 Å². The SMILES string of the molecule is COC[C@H](C)Nc1nccc(-c2ccccn2)n1. The van der Waals surface area contributed by atoms with Gasteiger partial charge in [-0.1, -0.05) is 6.07 Å². The highest BCUT2D eigenvalue weighted by molar-refractivity contribution is 5.54. The zero-order valence-corrected chi connectivity index (χ0v) is 10.5. The van der Waals surface area contributed by atoms with Crippen molar-refractivity contribution >= 4 is 5.95 Å². The molecular formula is C13H16N4O. The van der Waals surface area contributed by atoms with E-state index in [0.29, 0.717) is 12.6 Å². The van der Waals surface area contributed by atoms with Crippen molar-refractivity contribution in [2.24, 2.45) is 0 Å². The van der Waals surface area contributed by atoms with Crippen LogP contribution in [0.5, 0.6) is 0 Å². The van der Waals surface area contributed by atoms with Gasteiger partial charge in [-0.25, -0.2) is 9.97 Å². The van der Waals surface area contributed by atoms with Crippen LogP contribution < -0.4 is 5.32 Å². The molecule has 0 radical (unpaired) electrons. The van der Waals surface area contributed by atoms with E-state index in [2.05, 4.69) is 20.3 Å². The number of aromatic nitrogens is 3. The predicted octanol–water partition coefficient (Wildman–Crippen LogP) is 1.99. The Morgan fingerprint density at radius 1 is 1.17 bits per heavy atom. The van der Waals surface area contributed by atoms with Gasteiger partial charge in [-0.3, -0.25) is 4.98 Å². The molecule has 94 valence electrons. The van der Waals surface area contributed by atoms with Crippen molar-refractivity contribution in [3.05, 3.63) is 36.7 Å². The van der Waals surface area contributed by atoms with Crippen LogP contribution in [0.2, 0.25) is 0 Å². The standard InChI is InChI=1S/C13H16N4O/c1-10(9-18-2)16-13-15-8-6-12(17-13)11-5-3-4-7-14-11/h3-8,10H,9H2,1-2H3,(H,15,16,17)/t10-/m0/s1. The fraction of sp³-hybridized carbons (Fsp3) is 0.308. The Kier molecular flexibility index (Phi) is 4.20. The fourth-order valence-corrected chi connectivity index (χ4v) is 1.60. The summed E-state index contributed by atoms with van der Waals surface area (Å²) in [5.74, 6) is 0.586. The Bertz CT molecular complexity index is 489. The lowest BCUT2D eigenvalue weighted by molar-refractivity contribution is 0.190. The van der Waals surface area contributed by atoms with Gasteiger partial charge in [0, 0.05) is 25.5 Å². The summed E-state index contributed by atoms with van der Waals surface area (Å²) in [4.78, 5) is 12.9. The normalized spacial score (nSPS) is 12.1. The first-order chi connectivity index (χ1) is 8.79. The molecule has 0 fully saturated rings. The first-order valence-electron chi connectivity index (χ1n) is 5.79. The van der Waals surface area contributed by atoms with Gasteiger partial charge in [-0.05, 0) is 25.1 Å². The Morgan fingerprint density at radius 2 is 2.06 bits per heavy atom. The maximum absolute atomic E-state index is 5.06. The molecule has 0 aliphatic rings. The summed E-state index contributed by atoms with van der Waals surface area (Å²) in [6, 6.07) is 7.74. The molecule has 0 aromatic carbocycles. The number of nitrogens with zero attached hydrogens (tertiary/aromatic N) is 3. The van der Waals surface area contributed by atoms with Crippen molar-refractivity contribution in [2.75, 3.05) is 19.0 Å². The molecule has 1 N–H and O–H groups in total. The van der Waals surface area contributed by atoms with Gasteiger partial charge in [0.25, 0.3) is 0 Å². The van der Waals surface area contributed by atoms with Crippen LogP contribution in [-0.4, -0.2) is 34.7 Å². The first-order valence-corrected chi connectivity index (χ1v) is 5.79. The molecule has 0 aliphatic carbocycles. The molecule has 0 aliphatic heterocycles. The minimum atomic E-state index is 0.161. The van der Waals surface area contributed by atoms with Crippen molar-refractivity contribution in [3.63, 3.8) is 0 Å². The van der Waals surface area contributed by atoms with Crippen molar-refractivity contribution in [1.29, 1.82) is 0 Å². The Morgan fingerprint density at radius 3 is 2.78 bits per heavy atom. The van der Waals surface area contributed by atoms with Gasteiger partial charge in [0.05, 0.1) is 18.0 Å². The van der Waals surface area contributed by atoms with Crippen molar-refractivity contribution in [2.45, 2.75) is 13.0 Å². The van der Waals surface area contributed by atoms with E-state index in [1.165, 1.54) is 0 Å². The largest absolute Gasteiger partial charge is 0.383 e. The Balaban J connectivity index is 2.15. The second-order valence-corrected chi connectivity index (χ2v) is 3.98. The molecule has 0 saturated heterocycles. The van der Waals surface area contributed by atoms with Gasteiger partial charge < -0.3 is 10.1 Å². The number of hydrogen-bond acceptors (Lipinski definition) is 5. The van der Waals surface area contributed by atoms with Gasteiger partial charge in [-0.2, -0.15) is 0 Å². The second kappa shape index (κ2) is 6.07. The average molecular weight is 244 g/mol. The molecule has 2 aromatic heterocycles. The molecule has 1 atom stereocenters. The fourth-order valence-electron chi connectivity index (χ4n) is 1.60. The number of pyridine rings is 1. The lowest BCUT2D eigenvalue weighted by Crippen LogP contribution is -2.22. The smallest absolute Gasteiger partial charge is 0.223 e. The lowest BCUT2D eigenvalue weighted by Gasteiger charge is -2.12. The third-order valence-corrected chi connectivity index (χ3v) is 2.38. The summed E-state index contributed by atoms with van der Waals surface area (Å²) >= 11 is 0. The number of anilines is 1. The van der Waals surface area contributed by atoms with E-state index >= 15 is 0 Å². The van der Waals surface area contributed by atoms with E-state index in [4.69, 9.17) is 4.74 Å². The van der Waals surface area contributed by atoms with E-state index in [1.807, 2.05) is 31.2 Å². The Hall–Kier alpha value is -2.01. The van der Waals surface area contributed by atoms with Gasteiger partial charge in [0.1, 0.15) is 0 Å². The van der Waals surface area contributed by atoms with Crippen LogP contribution in [0.3, 0.4) is 0 Å². The number of nitrogens with one attached hydrogen (secondary N) is 1. The summed E-state index contributed by atoms with van der Waals surface area (Å²) in [6.07, 6.45) is 3.47. The summed E-state index contributed by atoms with van der Waals surface area (Å²) in [6.45, 7) is 2.62. The van der Waals surface area contributed by atoms with Crippen molar-refractivity contribution in [1.82, 2.24) is 15.0 Å². The molecule has 5 nitrogen and oxygen atoms in total. The summed E-state index contributed by atoms with van der Waals surface area (Å²) in [5.41, 5.74) is 1.64. The predicted molar refractivity (Wildman–Crippen MR) is 70.2 cm³/mol. The number of hydrogen-bond donors (Lipinski definition) is 1. The molecule has 0 spiro atoms. The minimum Gasteiger partial charge on any atom is -0.383 e. The van der Waals surface area contributed by atoms with E-state index in [-0.39, 0.29) is 6.04 Å². The Labute approximate surface area is 106 Å². The molecular weight excluding hydrogens is 228 g/mol. The highest BCUT2D eigenvalue weighted by atomic mass is 16.5. The number of ether oxygens (including phenoxy) is 1. The van der Waals surface area contributed by atoms with Crippen LogP contribution in [-0.2, 0) is 4.74 Å². The van der Waals surface area contributed by atoms with E-state index < -0.39 is 0 Å². The maximum Gasteiger partial charge on any atom is 0.223 e. The van der Waals surface area contributed by atoms with E-state index in [9.17, 15) is 0 Å². The third kappa shape index (κ3) is 3.24. The van der Waals surface area contributed by atoms with Gasteiger partial charge >= 0.3 is 0 Å². The molecule has 0 bridgehead atoms. The minimum absolute atomic E-state index is 0.161. The van der Waals surface area contributed by atoms with Gasteiger partial charge in [0.2, 0.25) is 5.95 Å². The van der Waals surface area contributed by atoms with Gasteiger partial charge in [0.15, 0.2) is 0 Å². The molecule has 0 amide bonds. The highest BCUT2D eigenvalue weighted by Gasteiger charge is 2.05. The third-order valence-electron chi connectivity index (χ3n) is 2.38. The van der Waals surface area contributed by atoms with Crippen LogP contribution in [0.4, 0.5) is 5.95 Å². The molecule has 0 saturated carbocycles. The van der Waals surface area contributed by atoms with E-state index in [1.54, 1.807) is 19.5 Å². The van der Waals surface area contributed by atoms with Gasteiger partial charge in [-0.15, -0.1) is 0 Å². The quantitative estimate of drug-likeness (QED) is 0.871. The molecule has 2 rings (SSSR count). The van der Waals surface area contributed by atoms with Crippen molar-refractivity contribution in [3.8, 4) is 11.4 Å². The van der Waals surface area contributed by atoms with E-state index in [0.717, 1.165) is 11.4 Å². The molecule has 18 heavy (non-hydrogen) atoms. The number of methoxy groups -OCH3 is 1.